The Hall–Kier alpha value is -1.79. The molecule has 1 amide bonds. The summed E-state index contributed by atoms with van der Waals surface area (Å²) in [5, 5.41) is 3.26. The highest BCUT2D eigenvalue weighted by atomic mass is 16.5. The van der Waals surface area contributed by atoms with Gasteiger partial charge in [0, 0.05) is 14.2 Å². The van der Waals surface area contributed by atoms with E-state index >= 15 is 0 Å². The molecule has 1 aliphatic heterocycles. The first-order valence-corrected chi connectivity index (χ1v) is 7.90. The third-order valence-corrected chi connectivity index (χ3v) is 4.29. The highest BCUT2D eigenvalue weighted by molar-refractivity contribution is 5.85. The van der Waals surface area contributed by atoms with Gasteiger partial charge in [0.05, 0.1) is 13.7 Å². The third-order valence-electron chi connectivity index (χ3n) is 4.29. The minimum Gasteiger partial charge on any atom is -0.493 e. The van der Waals surface area contributed by atoms with Gasteiger partial charge in [0.15, 0.2) is 11.5 Å². The Labute approximate surface area is 137 Å². The van der Waals surface area contributed by atoms with Gasteiger partial charge in [-0.1, -0.05) is 12.1 Å². The lowest BCUT2D eigenvalue weighted by molar-refractivity contribution is -0.157. The van der Waals surface area contributed by atoms with E-state index in [1.54, 1.807) is 26.2 Å². The van der Waals surface area contributed by atoms with Crippen molar-refractivity contribution in [3.63, 3.8) is 0 Å². The second-order valence-electron chi connectivity index (χ2n) is 5.67. The molecule has 1 saturated heterocycles. The van der Waals surface area contributed by atoms with Gasteiger partial charge in [-0.25, -0.2) is 0 Å². The molecule has 0 bridgehead atoms. The second kappa shape index (κ2) is 8.17. The van der Waals surface area contributed by atoms with Crippen LogP contribution in [-0.4, -0.2) is 63.9 Å². The molecule has 1 aromatic carbocycles. The minimum absolute atomic E-state index is 0.0186. The highest BCUT2D eigenvalue weighted by Crippen LogP contribution is 2.26. The van der Waals surface area contributed by atoms with E-state index < -0.39 is 5.60 Å². The predicted octanol–water partition coefficient (Wildman–Crippen LogP) is 1.30. The summed E-state index contributed by atoms with van der Waals surface area (Å²) in [6.07, 6.45) is 1.39. The van der Waals surface area contributed by atoms with Crippen LogP contribution in [0.1, 0.15) is 12.8 Å². The molecular weight excluding hydrogens is 296 g/mol. The van der Waals surface area contributed by atoms with Gasteiger partial charge in [-0.15, -0.1) is 0 Å². The summed E-state index contributed by atoms with van der Waals surface area (Å²) in [4.78, 5) is 14.4. The first-order chi connectivity index (χ1) is 11.1. The molecule has 23 heavy (non-hydrogen) atoms. The molecule has 0 aliphatic carbocycles. The minimum atomic E-state index is -0.704. The average Bonchev–Trinajstić information content (AvgIpc) is 2.61. The van der Waals surface area contributed by atoms with Crippen molar-refractivity contribution in [3.05, 3.63) is 24.3 Å². The average molecular weight is 322 g/mol. The number of methoxy groups -OCH3 is 2. The van der Waals surface area contributed by atoms with Crippen LogP contribution in [-0.2, 0) is 9.53 Å². The number of piperidine rings is 1. The van der Waals surface area contributed by atoms with E-state index in [9.17, 15) is 4.79 Å². The number of amides is 1. The van der Waals surface area contributed by atoms with Crippen molar-refractivity contribution in [2.24, 2.45) is 0 Å². The number of benzene rings is 1. The zero-order valence-electron chi connectivity index (χ0n) is 14.1. The SMILES string of the molecule is COc1ccccc1OCCN(C)C(=O)C1(OC)CCNCC1. The number of nitrogens with zero attached hydrogens (tertiary/aromatic N) is 1. The molecule has 2 rings (SSSR count). The Morgan fingerprint density at radius 2 is 1.87 bits per heavy atom. The summed E-state index contributed by atoms with van der Waals surface area (Å²) >= 11 is 0. The summed E-state index contributed by atoms with van der Waals surface area (Å²) in [7, 11) is 5.01. The third kappa shape index (κ3) is 4.14. The number of nitrogens with one attached hydrogen (secondary N) is 1. The summed E-state index contributed by atoms with van der Waals surface area (Å²) in [6, 6.07) is 7.48. The van der Waals surface area contributed by atoms with E-state index in [1.807, 2.05) is 24.3 Å². The lowest BCUT2D eigenvalue weighted by Crippen LogP contribution is -2.55. The molecule has 6 heteroatoms. The second-order valence-corrected chi connectivity index (χ2v) is 5.67. The van der Waals surface area contributed by atoms with Gasteiger partial charge in [-0.2, -0.15) is 0 Å². The van der Waals surface area contributed by atoms with E-state index in [0.717, 1.165) is 13.1 Å². The van der Waals surface area contributed by atoms with Crippen LogP contribution in [0.15, 0.2) is 24.3 Å². The molecule has 1 heterocycles. The molecule has 128 valence electrons. The maximum atomic E-state index is 12.7. The van der Waals surface area contributed by atoms with Crippen molar-refractivity contribution in [2.75, 3.05) is 47.5 Å². The number of hydrogen-bond donors (Lipinski definition) is 1. The summed E-state index contributed by atoms with van der Waals surface area (Å²) < 4.78 is 16.5. The first kappa shape index (κ1) is 17.6. The van der Waals surface area contributed by atoms with Crippen molar-refractivity contribution in [2.45, 2.75) is 18.4 Å². The van der Waals surface area contributed by atoms with Crippen molar-refractivity contribution in [1.82, 2.24) is 10.2 Å². The number of carbonyl (C=O) groups is 1. The van der Waals surface area contributed by atoms with Crippen LogP contribution < -0.4 is 14.8 Å². The molecule has 1 fully saturated rings. The normalized spacial score (nSPS) is 16.7. The summed E-state index contributed by atoms with van der Waals surface area (Å²) in [6.45, 7) is 2.49. The molecule has 6 nitrogen and oxygen atoms in total. The van der Waals surface area contributed by atoms with Crippen LogP contribution in [0, 0.1) is 0 Å². The van der Waals surface area contributed by atoms with E-state index in [1.165, 1.54) is 0 Å². The maximum absolute atomic E-state index is 12.7. The van der Waals surface area contributed by atoms with Crippen molar-refractivity contribution in [3.8, 4) is 11.5 Å². The van der Waals surface area contributed by atoms with Gasteiger partial charge in [0.2, 0.25) is 0 Å². The highest BCUT2D eigenvalue weighted by Gasteiger charge is 2.41. The number of carbonyl (C=O) groups excluding carboxylic acids is 1. The maximum Gasteiger partial charge on any atom is 0.254 e. The zero-order chi connectivity index (χ0) is 16.7. The number of rotatable bonds is 7. The van der Waals surface area contributed by atoms with Crippen LogP contribution >= 0.6 is 0 Å². The van der Waals surface area contributed by atoms with Gasteiger partial charge < -0.3 is 24.4 Å². The summed E-state index contributed by atoms with van der Waals surface area (Å²) in [5.74, 6) is 1.39. The topological polar surface area (TPSA) is 60.0 Å². The number of likely N-dealkylation sites (N-methyl/N-ethyl adjacent to an activating group) is 1. The van der Waals surface area contributed by atoms with Gasteiger partial charge >= 0.3 is 0 Å². The molecule has 0 aromatic heterocycles. The number of para-hydroxylation sites is 2. The van der Waals surface area contributed by atoms with Crippen molar-refractivity contribution >= 4 is 5.91 Å². The van der Waals surface area contributed by atoms with Gasteiger partial charge in [0.25, 0.3) is 5.91 Å². The largest absolute Gasteiger partial charge is 0.493 e. The molecule has 1 aromatic rings. The lowest BCUT2D eigenvalue weighted by Gasteiger charge is -2.37. The molecule has 0 atom stereocenters. The van der Waals surface area contributed by atoms with E-state index in [4.69, 9.17) is 14.2 Å². The summed E-state index contributed by atoms with van der Waals surface area (Å²) in [5.41, 5.74) is -0.704. The quantitative estimate of drug-likeness (QED) is 0.820. The molecule has 0 unspecified atom stereocenters. The van der Waals surface area contributed by atoms with Gasteiger partial charge in [-0.3, -0.25) is 4.79 Å². The van der Waals surface area contributed by atoms with Crippen LogP contribution in [0.5, 0.6) is 11.5 Å². The smallest absolute Gasteiger partial charge is 0.254 e. The van der Waals surface area contributed by atoms with Crippen LogP contribution in [0.3, 0.4) is 0 Å². The van der Waals surface area contributed by atoms with Crippen LogP contribution in [0.2, 0.25) is 0 Å². The fourth-order valence-electron chi connectivity index (χ4n) is 2.82. The van der Waals surface area contributed by atoms with E-state index in [0.29, 0.717) is 37.5 Å². The Kier molecular flexibility index (Phi) is 6.24. The molecule has 1 N–H and O–H groups in total. The molecular formula is C17H26N2O4. The van der Waals surface area contributed by atoms with Gasteiger partial charge in [0.1, 0.15) is 12.2 Å². The molecule has 0 radical (unpaired) electrons. The standard InChI is InChI=1S/C17H26N2O4/c1-19(16(20)17(22-3)8-10-18-11-9-17)12-13-23-15-7-5-4-6-14(15)21-2/h4-7,18H,8-13H2,1-3H3. The molecule has 1 aliphatic rings. The number of hydrogen-bond acceptors (Lipinski definition) is 5. The van der Waals surface area contributed by atoms with Crippen LogP contribution in [0.25, 0.3) is 0 Å². The van der Waals surface area contributed by atoms with Crippen molar-refractivity contribution in [1.29, 1.82) is 0 Å². The fourth-order valence-corrected chi connectivity index (χ4v) is 2.82. The Morgan fingerprint density at radius 1 is 1.22 bits per heavy atom. The van der Waals surface area contributed by atoms with Crippen LogP contribution in [0.4, 0.5) is 0 Å². The van der Waals surface area contributed by atoms with Crippen molar-refractivity contribution < 1.29 is 19.0 Å². The Bertz CT molecular complexity index is 515. The fraction of sp³-hybridized carbons (Fsp3) is 0.588. The Balaban J connectivity index is 1.88. The molecule has 0 spiro atoms. The monoisotopic (exact) mass is 322 g/mol. The number of ether oxygens (including phenoxy) is 3. The van der Waals surface area contributed by atoms with Gasteiger partial charge in [-0.05, 0) is 38.1 Å². The van der Waals surface area contributed by atoms with E-state index in [-0.39, 0.29) is 5.91 Å². The Morgan fingerprint density at radius 3 is 2.48 bits per heavy atom. The first-order valence-electron chi connectivity index (χ1n) is 7.90. The van der Waals surface area contributed by atoms with E-state index in [2.05, 4.69) is 5.32 Å². The lowest BCUT2D eigenvalue weighted by atomic mass is 9.90. The predicted molar refractivity (Wildman–Crippen MR) is 88.0 cm³/mol. The molecule has 0 saturated carbocycles. The zero-order valence-corrected chi connectivity index (χ0v) is 14.1.